The second-order valence-corrected chi connectivity index (χ2v) is 4.98. The van der Waals surface area contributed by atoms with Gasteiger partial charge < -0.3 is 4.74 Å². The van der Waals surface area contributed by atoms with E-state index in [-0.39, 0.29) is 6.04 Å². The molecule has 3 heterocycles. The van der Waals surface area contributed by atoms with Crippen LogP contribution in [0.25, 0.3) is 0 Å². The number of thiazole rings is 1. The normalized spacial score (nSPS) is 21.8. The van der Waals surface area contributed by atoms with Gasteiger partial charge in [0.05, 0.1) is 31.5 Å². The van der Waals surface area contributed by atoms with Crippen LogP contribution in [0.5, 0.6) is 0 Å². The van der Waals surface area contributed by atoms with Crippen molar-refractivity contribution in [2.75, 3.05) is 19.8 Å². The first-order valence-corrected chi connectivity index (χ1v) is 6.51. The molecule has 0 saturated carbocycles. The fraction of sp³-hybridized carbons (Fsp3) is 0.455. The van der Waals surface area contributed by atoms with E-state index < -0.39 is 0 Å². The van der Waals surface area contributed by atoms with Gasteiger partial charge in [0, 0.05) is 24.3 Å². The minimum Gasteiger partial charge on any atom is -0.378 e. The van der Waals surface area contributed by atoms with Crippen LogP contribution in [0.3, 0.4) is 0 Å². The molecule has 2 aromatic rings. The van der Waals surface area contributed by atoms with E-state index in [2.05, 4.69) is 20.1 Å². The molecule has 1 saturated heterocycles. The minimum absolute atomic E-state index is 0.259. The summed E-state index contributed by atoms with van der Waals surface area (Å²) in [6.45, 7) is 3.32. The molecule has 1 N–H and O–H groups in total. The number of nitrogens with zero attached hydrogens (tertiary/aromatic N) is 3. The van der Waals surface area contributed by atoms with E-state index in [1.165, 1.54) is 0 Å². The number of hydrogen-bond donors (Lipinski definition) is 1. The number of H-pyrrole nitrogens is 1. The maximum Gasteiger partial charge on any atom is 0.107 e. The molecular formula is C11H14N4OS. The van der Waals surface area contributed by atoms with Crippen LogP contribution in [0.1, 0.15) is 16.7 Å². The Bertz CT molecular complexity index is 442. The van der Waals surface area contributed by atoms with E-state index in [0.717, 1.165) is 30.4 Å². The summed E-state index contributed by atoms with van der Waals surface area (Å²) in [5.74, 6) is 0. The molecule has 0 spiro atoms. The van der Waals surface area contributed by atoms with Crippen molar-refractivity contribution in [3.05, 3.63) is 34.5 Å². The largest absolute Gasteiger partial charge is 0.378 e. The van der Waals surface area contributed by atoms with E-state index in [1.807, 2.05) is 17.6 Å². The van der Waals surface area contributed by atoms with Crippen molar-refractivity contribution in [2.45, 2.75) is 12.6 Å². The molecule has 1 aliphatic rings. The molecule has 0 unspecified atom stereocenters. The predicted octanol–water partition coefficient (Wildman–Crippen LogP) is 1.44. The molecule has 1 atom stereocenters. The maximum absolute atomic E-state index is 5.55. The Morgan fingerprint density at radius 1 is 1.53 bits per heavy atom. The molecule has 1 aliphatic heterocycles. The first-order valence-electron chi connectivity index (χ1n) is 5.63. The van der Waals surface area contributed by atoms with E-state index in [9.17, 15) is 0 Å². The number of rotatable bonds is 3. The first-order chi connectivity index (χ1) is 8.43. The molecule has 3 rings (SSSR count). The van der Waals surface area contributed by atoms with Crippen molar-refractivity contribution in [1.82, 2.24) is 20.1 Å². The van der Waals surface area contributed by atoms with Crippen LogP contribution < -0.4 is 0 Å². The number of ether oxygens (including phenoxy) is 1. The maximum atomic E-state index is 5.55. The van der Waals surface area contributed by atoms with Crippen LogP contribution in [-0.4, -0.2) is 39.8 Å². The van der Waals surface area contributed by atoms with Crippen LogP contribution in [0.15, 0.2) is 23.8 Å². The lowest BCUT2D eigenvalue weighted by Crippen LogP contribution is -2.39. The Morgan fingerprint density at radius 3 is 3.29 bits per heavy atom. The Hall–Kier alpha value is -1.24. The highest BCUT2D eigenvalue weighted by Gasteiger charge is 2.26. The van der Waals surface area contributed by atoms with Crippen molar-refractivity contribution < 1.29 is 4.74 Å². The van der Waals surface area contributed by atoms with Gasteiger partial charge in [-0.15, -0.1) is 11.3 Å². The summed E-state index contributed by atoms with van der Waals surface area (Å²) in [5, 5.41) is 10.2. The highest BCUT2D eigenvalue weighted by atomic mass is 32.1. The minimum atomic E-state index is 0.259. The number of hydrogen-bond acceptors (Lipinski definition) is 5. The molecule has 0 aromatic carbocycles. The van der Waals surface area contributed by atoms with Crippen molar-refractivity contribution in [3.63, 3.8) is 0 Å². The number of nitrogens with one attached hydrogen (secondary N) is 1. The third kappa shape index (κ3) is 2.38. The fourth-order valence-corrected chi connectivity index (χ4v) is 2.71. The third-order valence-electron chi connectivity index (χ3n) is 2.94. The van der Waals surface area contributed by atoms with Gasteiger partial charge in [-0.3, -0.25) is 10.00 Å². The molecule has 6 heteroatoms. The molecule has 5 nitrogen and oxygen atoms in total. The van der Waals surface area contributed by atoms with Gasteiger partial charge in [-0.1, -0.05) is 0 Å². The quantitative estimate of drug-likeness (QED) is 0.895. The van der Waals surface area contributed by atoms with Gasteiger partial charge in [-0.25, -0.2) is 4.98 Å². The van der Waals surface area contributed by atoms with Crippen molar-refractivity contribution in [2.24, 2.45) is 0 Å². The smallest absolute Gasteiger partial charge is 0.107 e. The van der Waals surface area contributed by atoms with E-state index in [0.29, 0.717) is 6.61 Å². The Balaban J connectivity index is 1.76. The van der Waals surface area contributed by atoms with Gasteiger partial charge in [0.15, 0.2) is 0 Å². The van der Waals surface area contributed by atoms with Crippen LogP contribution in [0.4, 0.5) is 0 Å². The highest BCUT2D eigenvalue weighted by Crippen LogP contribution is 2.24. The van der Waals surface area contributed by atoms with Crippen molar-refractivity contribution in [3.8, 4) is 0 Å². The SMILES string of the molecule is c1cc([C@H]2COCCN2Cc2nccs2)[nH]n1. The Kier molecular flexibility index (Phi) is 3.17. The average Bonchev–Trinajstić information content (AvgIpc) is 3.01. The number of aromatic amines is 1. The zero-order chi connectivity index (χ0) is 11.5. The van der Waals surface area contributed by atoms with Gasteiger partial charge in [0.25, 0.3) is 0 Å². The zero-order valence-electron chi connectivity index (χ0n) is 9.37. The van der Waals surface area contributed by atoms with Crippen LogP contribution in [0.2, 0.25) is 0 Å². The monoisotopic (exact) mass is 250 g/mol. The molecule has 2 aromatic heterocycles. The van der Waals surface area contributed by atoms with Gasteiger partial charge >= 0.3 is 0 Å². The molecule has 0 aliphatic carbocycles. The topological polar surface area (TPSA) is 54.0 Å². The molecule has 0 bridgehead atoms. The lowest BCUT2D eigenvalue weighted by atomic mass is 10.1. The zero-order valence-corrected chi connectivity index (χ0v) is 10.2. The molecule has 0 radical (unpaired) electrons. The van der Waals surface area contributed by atoms with Gasteiger partial charge in [-0.2, -0.15) is 5.10 Å². The van der Waals surface area contributed by atoms with E-state index in [4.69, 9.17) is 4.74 Å². The predicted molar refractivity (Wildman–Crippen MR) is 64.7 cm³/mol. The van der Waals surface area contributed by atoms with Crippen molar-refractivity contribution in [1.29, 1.82) is 0 Å². The summed E-state index contributed by atoms with van der Waals surface area (Å²) in [5.41, 5.74) is 1.11. The van der Waals surface area contributed by atoms with Gasteiger partial charge in [0.2, 0.25) is 0 Å². The summed E-state index contributed by atoms with van der Waals surface area (Å²) >= 11 is 1.70. The molecule has 1 fully saturated rings. The lowest BCUT2D eigenvalue weighted by molar-refractivity contribution is -0.0143. The van der Waals surface area contributed by atoms with E-state index in [1.54, 1.807) is 17.5 Å². The molecule has 0 amide bonds. The molecular weight excluding hydrogens is 236 g/mol. The molecule has 17 heavy (non-hydrogen) atoms. The fourth-order valence-electron chi connectivity index (χ4n) is 2.07. The standard InChI is InChI=1S/C11H14N4OS/c1-2-13-14-9(1)10-8-16-5-4-15(10)7-11-12-3-6-17-11/h1-3,6,10H,4-5,7-8H2,(H,13,14)/t10-/m1/s1. The summed E-state index contributed by atoms with van der Waals surface area (Å²) in [6, 6.07) is 2.27. The van der Waals surface area contributed by atoms with Gasteiger partial charge in [-0.05, 0) is 6.07 Å². The lowest BCUT2D eigenvalue weighted by Gasteiger charge is -2.34. The number of aromatic nitrogens is 3. The highest BCUT2D eigenvalue weighted by molar-refractivity contribution is 7.09. The average molecular weight is 250 g/mol. The summed E-state index contributed by atoms with van der Waals surface area (Å²) in [6.07, 6.45) is 3.64. The van der Waals surface area contributed by atoms with E-state index >= 15 is 0 Å². The van der Waals surface area contributed by atoms with Crippen LogP contribution in [-0.2, 0) is 11.3 Å². The van der Waals surface area contributed by atoms with Gasteiger partial charge in [0.1, 0.15) is 5.01 Å². The summed E-state index contributed by atoms with van der Waals surface area (Å²) < 4.78 is 5.55. The van der Waals surface area contributed by atoms with Crippen LogP contribution in [0, 0.1) is 0 Å². The summed E-state index contributed by atoms with van der Waals surface area (Å²) in [4.78, 5) is 6.72. The Morgan fingerprint density at radius 2 is 2.53 bits per heavy atom. The number of morpholine rings is 1. The van der Waals surface area contributed by atoms with Crippen LogP contribution >= 0.6 is 11.3 Å². The summed E-state index contributed by atoms with van der Waals surface area (Å²) in [7, 11) is 0. The van der Waals surface area contributed by atoms with Crippen molar-refractivity contribution >= 4 is 11.3 Å². The molecule has 90 valence electrons. The third-order valence-corrected chi connectivity index (χ3v) is 3.71. The Labute approximate surface area is 103 Å². The first kappa shape index (κ1) is 10.9. The second kappa shape index (κ2) is 4.95. The second-order valence-electron chi connectivity index (χ2n) is 4.00.